The third kappa shape index (κ3) is 2.25. The van der Waals surface area contributed by atoms with E-state index < -0.39 is 5.97 Å². The predicted octanol–water partition coefficient (Wildman–Crippen LogP) is 5.79. The van der Waals surface area contributed by atoms with Crippen LogP contribution in [0.15, 0.2) is 36.4 Å². The molecule has 2 nitrogen and oxygen atoms in total. The highest BCUT2D eigenvalue weighted by atomic mass is 79.9. The Kier molecular flexibility index (Phi) is 4.24. The van der Waals surface area contributed by atoms with E-state index in [2.05, 4.69) is 44.0 Å². The number of aromatic carboxylic acids is 1. The molecule has 0 aliphatic carbocycles. The fraction of sp³-hybridized carbons (Fsp3) is 0.167. The Labute approximate surface area is 145 Å². The first kappa shape index (κ1) is 15.5. The van der Waals surface area contributed by atoms with Crippen molar-refractivity contribution in [2.75, 3.05) is 0 Å². The zero-order valence-corrected chi connectivity index (χ0v) is 15.2. The van der Waals surface area contributed by atoms with E-state index in [1.807, 2.05) is 25.1 Å². The molecule has 0 bridgehead atoms. The summed E-state index contributed by atoms with van der Waals surface area (Å²) in [7, 11) is 0. The van der Waals surface area contributed by atoms with Gasteiger partial charge in [-0.25, -0.2) is 4.79 Å². The van der Waals surface area contributed by atoms with Crippen molar-refractivity contribution in [3.8, 4) is 0 Å². The number of fused-ring (bicyclic) bond motifs is 2. The SMILES string of the molecule is Cc1c(C(=O)O)ccc2c(CBr)c3ccccc3c(CBr)c12. The second kappa shape index (κ2) is 6.01. The lowest BCUT2D eigenvalue weighted by molar-refractivity contribution is 0.0696. The van der Waals surface area contributed by atoms with Gasteiger partial charge in [0, 0.05) is 10.7 Å². The minimum Gasteiger partial charge on any atom is -0.478 e. The van der Waals surface area contributed by atoms with Crippen molar-refractivity contribution in [1.82, 2.24) is 0 Å². The van der Waals surface area contributed by atoms with Crippen molar-refractivity contribution < 1.29 is 9.90 Å². The molecule has 0 aliphatic heterocycles. The largest absolute Gasteiger partial charge is 0.478 e. The molecule has 3 rings (SSSR count). The molecule has 0 fully saturated rings. The predicted molar refractivity (Wildman–Crippen MR) is 98.4 cm³/mol. The lowest BCUT2D eigenvalue weighted by Gasteiger charge is -2.17. The van der Waals surface area contributed by atoms with Crippen LogP contribution >= 0.6 is 31.9 Å². The van der Waals surface area contributed by atoms with Gasteiger partial charge in [0.1, 0.15) is 0 Å². The fourth-order valence-electron chi connectivity index (χ4n) is 3.16. The minimum atomic E-state index is -0.881. The first-order valence-corrected chi connectivity index (χ1v) is 9.15. The normalized spacial score (nSPS) is 11.2. The Bertz CT molecular complexity index is 901. The van der Waals surface area contributed by atoms with Crippen LogP contribution in [0.4, 0.5) is 0 Å². The maximum absolute atomic E-state index is 11.5. The van der Waals surface area contributed by atoms with Gasteiger partial charge in [0.2, 0.25) is 0 Å². The smallest absolute Gasteiger partial charge is 0.335 e. The second-order valence-corrected chi connectivity index (χ2v) is 6.36. The van der Waals surface area contributed by atoms with E-state index in [-0.39, 0.29) is 0 Å². The van der Waals surface area contributed by atoms with Crippen molar-refractivity contribution in [3.05, 3.63) is 58.7 Å². The number of aryl methyl sites for hydroxylation is 1. The van der Waals surface area contributed by atoms with Gasteiger partial charge in [0.25, 0.3) is 0 Å². The molecular formula is C18H14Br2O2. The molecule has 0 amide bonds. The molecule has 0 spiro atoms. The van der Waals surface area contributed by atoms with Gasteiger partial charge in [-0.15, -0.1) is 0 Å². The molecule has 0 saturated heterocycles. The van der Waals surface area contributed by atoms with Gasteiger partial charge in [-0.1, -0.05) is 62.2 Å². The molecule has 0 aliphatic rings. The number of rotatable bonds is 3. The summed E-state index contributed by atoms with van der Waals surface area (Å²) in [6.07, 6.45) is 0. The maximum atomic E-state index is 11.5. The van der Waals surface area contributed by atoms with E-state index in [9.17, 15) is 9.90 Å². The molecule has 3 aromatic carbocycles. The summed E-state index contributed by atoms with van der Waals surface area (Å²) in [6, 6.07) is 11.9. The number of carboxylic acid groups (broad SMARTS) is 1. The third-order valence-electron chi connectivity index (χ3n) is 4.17. The maximum Gasteiger partial charge on any atom is 0.335 e. The highest BCUT2D eigenvalue weighted by molar-refractivity contribution is 9.08. The van der Waals surface area contributed by atoms with Crippen molar-refractivity contribution in [2.45, 2.75) is 17.6 Å². The van der Waals surface area contributed by atoms with E-state index in [0.29, 0.717) is 10.9 Å². The van der Waals surface area contributed by atoms with Crippen LogP contribution in [0.2, 0.25) is 0 Å². The van der Waals surface area contributed by atoms with Gasteiger partial charge in [-0.2, -0.15) is 0 Å². The van der Waals surface area contributed by atoms with Crippen LogP contribution in [-0.4, -0.2) is 11.1 Å². The van der Waals surface area contributed by atoms with Gasteiger partial charge in [0.15, 0.2) is 0 Å². The number of benzene rings is 3. The molecule has 0 aromatic heterocycles. The summed E-state index contributed by atoms with van der Waals surface area (Å²) in [5.74, 6) is -0.881. The standard InChI is InChI=1S/C18H14Br2O2/c1-10-11(18(21)22)6-7-14-15(8-19)12-4-2-3-5-13(12)16(9-20)17(10)14/h2-7H,8-9H2,1H3,(H,21,22). The average Bonchev–Trinajstić information content (AvgIpc) is 2.52. The third-order valence-corrected chi connectivity index (χ3v) is 5.29. The zero-order chi connectivity index (χ0) is 15.9. The monoisotopic (exact) mass is 420 g/mol. The van der Waals surface area contributed by atoms with E-state index in [1.165, 1.54) is 16.3 Å². The number of carbonyl (C=O) groups is 1. The quantitative estimate of drug-likeness (QED) is 0.429. The topological polar surface area (TPSA) is 37.3 Å². The van der Waals surface area contributed by atoms with E-state index in [4.69, 9.17) is 0 Å². The molecule has 0 heterocycles. The Balaban J connectivity index is 2.61. The van der Waals surface area contributed by atoms with Crippen LogP contribution < -0.4 is 0 Å². The molecule has 0 saturated carbocycles. The fourth-order valence-corrected chi connectivity index (χ4v) is 4.34. The van der Waals surface area contributed by atoms with Crippen LogP contribution in [0.5, 0.6) is 0 Å². The van der Waals surface area contributed by atoms with Gasteiger partial charge in [0.05, 0.1) is 5.56 Å². The molecular weight excluding hydrogens is 408 g/mol. The van der Waals surface area contributed by atoms with Crippen molar-refractivity contribution in [3.63, 3.8) is 0 Å². The Morgan fingerprint density at radius 2 is 1.55 bits per heavy atom. The summed E-state index contributed by atoms with van der Waals surface area (Å²) < 4.78 is 0. The molecule has 0 atom stereocenters. The average molecular weight is 422 g/mol. The molecule has 1 N–H and O–H groups in total. The van der Waals surface area contributed by atoms with Gasteiger partial charge in [-0.3, -0.25) is 0 Å². The Hall–Kier alpha value is -1.39. The Morgan fingerprint density at radius 3 is 2.09 bits per heavy atom. The van der Waals surface area contributed by atoms with Gasteiger partial charge >= 0.3 is 5.97 Å². The summed E-state index contributed by atoms with van der Waals surface area (Å²) in [4.78, 5) is 11.5. The first-order valence-electron chi connectivity index (χ1n) is 6.91. The van der Waals surface area contributed by atoms with Crippen LogP contribution in [-0.2, 0) is 10.7 Å². The van der Waals surface area contributed by atoms with Crippen LogP contribution in [0.1, 0.15) is 27.0 Å². The Morgan fingerprint density at radius 1 is 0.955 bits per heavy atom. The van der Waals surface area contributed by atoms with Crippen LogP contribution in [0, 0.1) is 6.92 Å². The highest BCUT2D eigenvalue weighted by Crippen LogP contribution is 2.37. The lowest BCUT2D eigenvalue weighted by atomic mass is 9.89. The van der Waals surface area contributed by atoms with Crippen molar-refractivity contribution in [1.29, 1.82) is 0 Å². The lowest BCUT2D eigenvalue weighted by Crippen LogP contribution is -2.02. The van der Waals surface area contributed by atoms with Crippen LogP contribution in [0.25, 0.3) is 21.5 Å². The number of alkyl halides is 2. The van der Waals surface area contributed by atoms with Crippen molar-refractivity contribution >= 4 is 59.4 Å². The molecule has 0 unspecified atom stereocenters. The summed E-state index contributed by atoms with van der Waals surface area (Å²) in [6.45, 7) is 1.89. The number of carboxylic acids is 1. The summed E-state index contributed by atoms with van der Waals surface area (Å²) in [5, 5.41) is 15.4. The number of hydrogen-bond donors (Lipinski definition) is 1. The molecule has 3 aromatic rings. The molecule has 112 valence electrons. The molecule has 0 radical (unpaired) electrons. The van der Waals surface area contributed by atoms with E-state index in [0.717, 1.165) is 27.2 Å². The first-order chi connectivity index (χ1) is 10.6. The molecule has 4 heteroatoms. The van der Waals surface area contributed by atoms with Crippen molar-refractivity contribution in [2.24, 2.45) is 0 Å². The van der Waals surface area contributed by atoms with Gasteiger partial charge < -0.3 is 5.11 Å². The zero-order valence-electron chi connectivity index (χ0n) is 12.0. The number of halogens is 2. The summed E-state index contributed by atoms with van der Waals surface area (Å²) >= 11 is 7.17. The van der Waals surface area contributed by atoms with Gasteiger partial charge in [-0.05, 0) is 51.2 Å². The van der Waals surface area contributed by atoms with E-state index >= 15 is 0 Å². The van der Waals surface area contributed by atoms with Crippen LogP contribution in [0.3, 0.4) is 0 Å². The van der Waals surface area contributed by atoms with E-state index in [1.54, 1.807) is 6.07 Å². The second-order valence-electron chi connectivity index (χ2n) is 5.24. The summed E-state index contributed by atoms with van der Waals surface area (Å²) in [5.41, 5.74) is 3.55. The molecule has 22 heavy (non-hydrogen) atoms. The highest BCUT2D eigenvalue weighted by Gasteiger charge is 2.17. The minimum absolute atomic E-state index is 0.366. The number of hydrogen-bond acceptors (Lipinski definition) is 1.